The highest BCUT2D eigenvalue weighted by Crippen LogP contribution is 2.30. The van der Waals surface area contributed by atoms with Crippen molar-refractivity contribution in [1.29, 1.82) is 0 Å². The number of nitrogens with zero attached hydrogens (tertiary/aromatic N) is 2. The van der Waals surface area contributed by atoms with Gasteiger partial charge in [-0.05, 0) is 6.07 Å². The van der Waals surface area contributed by atoms with Crippen LogP contribution in [0.3, 0.4) is 0 Å². The van der Waals surface area contributed by atoms with E-state index in [1.54, 1.807) is 0 Å². The van der Waals surface area contributed by atoms with Crippen LogP contribution in [-0.4, -0.2) is 31.8 Å². The fourth-order valence-corrected chi connectivity index (χ4v) is 2.24. The Morgan fingerprint density at radius 1 is 1.75 bits per heavy atom. The Bertz CT molecular complexity index is 475. The lowest BCUT2D eigenvalue weighted by atomic mass is 10.5. The van der Waals surface area contributed by atoms with Gasteiger partial charge >= 0.3 is 11.7 Å². The van der Waals surface area contributed by atoms with Gasteiger partial charge in [-0.15, -0.1) is 11.8 Å². The summed E-state index contributed by atoms with van der Waals surface area (Å²) < 4.78 is 6.40. The third kappa shape index (κ3) is 2.02. The van der Waals surface area contributed by atoms with Crippen LogP contribution in [0.4, 0.5) is 5.82 Å². The van der Waals surface area contributed by atoms with Crippen molar-refractivity contribution in [3.8, 4) is 0 Å². The van der Waals surface area contributed by atoms with Gasteiger partial charge in [0.05, 0.1) is 0 Å². The lowest BCUT2D eigenvalue weighted by Gasteiger charge is -2.12. The van der Waals surface area contributed by atoms with E-state index in [4.69, 9.17) is 15.6 Å². The monoisotopic (exact) mass is 243 g/mol. The first-order chi connectivity index (χ1) is 7.58. The number of carbonyl (C=O) groups is 1. The Balaban J connectivity index is 2.21. The molecule has 0 aliphatic carbocycles. The molecule has 0 radical (unpaired) electrons. The summed E-state index contributed by atoms with van der Waals surface area (Å²) in [6.45, 7) is 0. The van der Waals surface area contributed by atoms with Crippen LogP contribution in [0.2, 0.25) is 0 Å². The first-order valence-electron chi connectivity index (χ1n) is 4.42. The molecule has 1 aliphatic rings. The molecule has 7 nitrogen and oxygen atoms in total. The molecule has 1 aromatic rings. The number of carboxylic acids is 1. The number of nitrogens with two attached hydrogens (primary N) is 1. The van der Waals surface area contributed by atoms with Crippen molar-refractivity contribution < 1.29 is 14.6 Å². The molecule has 86 valence electrons. The van der Waals surface area contributed by atoms with Crippen molar-refractivity contribution in [2.45, 2.75) is 11.7 Å². The lowest BCUT2D eigenvalue weighted by Crippen LogP contribution is -2.29. The number of aromatic nitrogens is 2. The number of ether oxygens (including phenoxy) is 1. The molecule has 2 rings (SSSR count). The summed E-state index contributed by atoms with van der Waals surface area (Å²) in [4.78, 5) is 25.6. The number of nitrogen functional groups attached to an aromatic ring is 1. The van der Waals surface area contributed by atoms with Crippen LogP contribution in [0.1, 0.15) is 6.23 Å². The van der Waals surface area contributed by atoms with E-state index in [-0.39, 0.29) is 5.82 Å². The van der Waals surface area contributed by atoms with Crippen molar-refractivity contribution in [3.05, 3.63) is 22.7 Å². The van der Waals surface area contributed by atoms with Gasteiger partial charge in [-0.25, -0.2) is 9.59 Å². The maximum Gasteiger partial charge on any atom is 0.351 e. The second-order valence-corrected chi connectivity index (χ2v) is 4.23. The van der Waals surface area contributed by atoms with E-state index in [0.29, 0.717) is 5.75 Å². The van der Waals surface area contributed by atoms with E-state index < -0.39 is 23.3 Å². The predicted octanol–water partition coefficient (Wildman–Crippen LogP) is -0.502. The van der Waals surface area contributed by atoms with Gasteiger partial charge in [0.15, 0.2) is 0 Å². The van der Waals surface area contributed by atoms with Crippen LogP contribution in [0, 0.1) is 0 Å². The highest BCUT2D eigenvalue weighted by Gasteiger charge is 2.32. The molecular weight excluding hydrogens is 234 g/mol. The standard InChI is InChI=1S/C8H9N3O4S/c9-4-1-2-11(8(14)10-4)5-3-16-7(15-5)6(12)13/h1-2,5,7H,3H2,(H,12,13)(H2,9,10,14)/t5-,7-/m1/s1. The van der Waals surface area contributed by atoms with Crippen molar-refractivity contribution in [3.63, 3.8) is 0 Å². The number of thioether (sulfide) groups is 1. The molecule has 8 heteroatoms. The van der Waals surface area contributed by atoms with Crippen molar-refractivity contribution >= 4 is 23.5 Å². The zero-order chi connectivity index (χ0) is 11.7. The molecule has 0 saturated carbocycles. The third-order valence-corrected chi connectivity index (χ3v) is 3.13. The van der Waals surface area contributed by atoms with Crippen LogP contribution in [0.15, 0.2) is 17.1 Å². The smallest absolute Gasteiger partial charge is 0.351 e. The van der Waals surface area contributed by atoms with Gasteiger partial charge in [-0.1, -0.05) is 0 Å². The van der Waals surface area contributed by atoms with Gasteiger partial charge in [-0.2, -0.15) is 4.98 Å². The van der Waals surface area contributed by atoms with Crippen LogP contribution >= 0.6 is 11.8 Å². The van der Waals surface area contributed by atoms with Gasteiger partial charge < -0.3 is 15.6 Å². The van der Waals surface area contributed by atoms with E-state index in [0.717, 1.165) is 11.8 Å². The maximum absolute atomic E-state index is 11.4. The lowest BCUT2D eigenvalue weighted by molar-refractivity contribution is -0.147. The van der Waals surface area contributed by atoms with E-state index in [2.05, 4.69) is 4.98 Å². The molecule has 1 fully saturated rings. The molecular formula is C8H9N3O4S. The molecule has 1 aromatic heterocycles. The molecule has 0 bridgehead atoms. The summed E-state index contributed by atoms with van der Waals surface area (Å²) in [6, 6.07) is 1.46. The van der Waals surface area contributed by atoms with Crippen LogP contribution < -0.4 is 11.4 Å². The first kappa shape index (κ1) is 11.0. The average molecular weight is 243 g/mol. The van der Waals surface area contributed by atoms with Crippen molar-refractivity contribution in [2.24, 2.45) is 0 Å². The van der Waals surface area contributed by atoms with Crippen molar-refractivity contribution in [2.75, 3.05) is 11.5 Å². The van der Waals surface area contributed by atoms with Gasteiger partial charge in [0.25, 0.3) is 0 Å². The molecule has 0 spiro atoms. The number of aliphatic carboxylic acids is 1. The molecule has 16 heavy (non-hydrogen) atoms. The fourth-order valence-electron chi connectivity index (χ4n) is 1.31. The van der Waals surface area contributed by atoms with Crippen molar-refractivity contribution in [1.82, 2.24) is 9.55 Å². The second kappa shape index (κ2) is 4.14. The van der Waals surface area contributed by atoms with E-state index >= 15 is 0 Å². The summed E-state index contributed by atoms with van der Waals surface area (Å²) in [6.07, 6.45) is 0.840. The molecule has 0 unspecified atom stereocenters. The Kier molecular flexibility index (Phi) is 2.84. The van der Waals surface area contributed by atoms with Gasteiger partial charge in [0.1, 0.15) is 12.0 Å². The largest absolute Gasteiger partial charge is 0.479 e. The minimum Gasteiger partial charge on any atom is -0.479 e. The Morgan fingerprint density at radius 2 is 2.50 bits per heavy atom. The molecule has 0 amide bonds. The highest BCUT2D eigenvalue weighted by atomic mass is 32.2. The predicted molar refractivity (Wildman–Crippen MR) is 56.9 cm³/mol. The minimum absolute atomic E-state index is 0.127. The molecule has 2 atom stereocenters. The van der Waals surface area contributed by atoms with Crippen LogP contribution in [0.25, 0.3) is 0 Å². The van der Waals surface area contributed by atoms with Gasteiger partial charge in [0.2, 0.25) is 5.44 Å². The molecule has 3 N–H and O–H groups in total. The highest BCUT2D eigenvalue weighted by molar-refractivity contribution is 8.00. The second-order valence-electron chi connectivity index (χ2n) is 3.14. The Hall–Kier alpha value is -1.54. The minimum atomic E-state index is -1.05. The first-order valence-corrected chi connectivity index (χ1v) is 5.47. The number of carboxylic acid groups (broad SMARTS) is 1. The van der Waals surface area contributed by atoms with E-state index in [1.165, 1.54) is 16.8 Å². The topological polar surface area (TPSA) is 107 Å². The summed E-state index contributed by atoms with van der Waals surface area (Å²) in [5, 5.41) is 8.72. The van der Waals surface area contributed by atoms with Gasteiger partial charge in [-0.3, -0.25) is 4.57 Å². The zero-order valence-corrected chi connectivity index (χ0v) is 8.88. The number of hydrogen-bond acceptors (Lipinski definition) is 6. The van der Waals surface area contributed by atoms with Crippen LogP contribution in [-0.2, 0) is 9.53 Å². The molecule has 1 aliphatic heterocycles. The summed E-state index contributed by atoms with van der Waals surface area (Å²) in [5.41, 5.74) is 3.86. The normalized spacial score (nSPS) is 24.5. The quantitative estimate of drug-likeness (QED) is 0.720. The number of hydrogen-bond donors (Lipinski definition) is 2. The van der Waals surface area contributed by atoms with E-state index in [1.807, 2.05) is 0 Å². The fraction of sp³-hybridized carbons (Fsp3) is 0.375. The van der Waals surface area contributed by atoms with Crippen LogP contribution in [0.5, 0.6) is 0 Å². The Morgan fingerprint density at radius 3 is 3.06 bits per heavy atom. The summed E-state index contributed by atoms with van der Waals surface area (Å²) >= 11 is 1.13. The molecule has 0 aromatic carbocycles. The number of anilines is 1. The SMILES string of the molecule is Nc1ccn([C@H]2CS[C@H](C(=O)O)O2)c(=O)n1. The molecule has 1 saturated heterocycles. The van der Waals surface area contributed by atoms with E-state index in [9.17, 15) is 9.59 Å². The summed E-state index contributed by atoms with van der Waals surface area (Å²) in [7, 11) is 0. The summed E-state index contributed by atoms with van der Waals surface area (Å²) in [5.74, 6) is -0.534. The maximum atomic E-state index is 11.4. The zero-order valence-electron chi connectivity index (χ0n) is 8.07. The average Bonchev–Trinajstić information content (AvgIpc) is 2.66. The Labute approximate surface area is 94.2 Å². The van der Waals surface area contributed by atoms with Gasteiger partial charge in [0, 0.05) is 11.9 Å². The third-order valence-electron chi connectivity index (χ3n) is 2.03. The molecule has 2 heterocycles. The number of rotatable bonds is 2.